The van der Waals surface area contributed by atoms with E-state index in [1.54, 1.807) is 35.6 Å². The highest BCUT2D eigenvalue weighted by atomic mass is 19.1. The van der Waals surface area contributed by atoms with Crippen molar-refractivity contribution in [1.82, 2.24) is 14.9 Å². The molecule has 2 aromatic rings. The summed E-state index contributed by atoms with van der Waals surface area (Å²) in [5, 5.41) is 5.36. The molecule has 1 saturated heterocycles. The molecule has 8 heteroatoms. The van der Waals surface area contributed by atoms with Crippen molar-refractivity contribution in [3.63, 3.8) is 0 Å². The summed E-state index contributed by atoms with van der Waals surface area (Å²) < 4.78 is 32.7. The van der Waals surface area contributed by atoms with Crippen molar-refractivity contribution in [3.8, 4) is 5.75 Å². The van der Waals surface area contributed by atoms with Crippen molar-refractivity contribution in [3.05, 3.63) is 59.9 Å². The second-order valence-corrected chi connectivity index (χ2v) is 6.21. The molecule has 1 aromatic heterocycles. The smallest absolute Gasteiger partial charge is 0.341 e. The first-order valence-corrected chi connectivity index (χ1v) is 8.23. The van der Waals surface area contributed by atoms with Crippen molar-refractivity contribution in [2.24, 2.45) is 5.10 Å². The van der Waals surface area contributed by atoms with Gasteiger partial charge in [0, 0.05) is 24.9 Å². The molecule has 2 amide bonds. The van der Waals surface area contributed by atoms with Gasteiger partial charge in [-0.25, -0.2) is 18.6 Å². The maximum atomic E-state index is 13.5. The fraction of sp³-hybridized carbons (Fsp3) is 0.278. The number of pyridine rings is 1. The Morgan fingerprint density at radius 1 is 1.19 bits per heavy atom. The van der Waals surface area contributed by atoms with Gasteiger partial charge in [-0.1, -0.05) is 0 Å². The van der Waals surface area contributed by atoms with E-state index in [9.17, 15) is 13.6 Å². The topological polar surface area (TPSA) is 58.0 Å². The lowest BCUT2D eigenvalue weighted by molar-refractivity contribution is 0.0275. The standard InChI is InChI=1S/C18H16F2N4O2/c19-13-6-12(7-14(20)8-13)17-3-5-22-24(17)18(25)23-10-16(11-23)26-15-2-1-4-21-9-15/h1-2,4-9,16-17H,3,10-11H2. The zero-order valence-electron chi connectivity index (χ0n) is 13.8. The molecule has 3 heterocycles. The average molecular weight is 358 g/mol. The first-order valence-electron chi connectivity index (χ1n) is 8.23. The van der Waals surface area contributed by atoms with Crippen LogP contribution in [0.1, 0.15) is 18.0 Å². The van der Waals surface area contributed by atoms with Crippen LogP contribution in [0.25, 0.3) is 0 Å². The second kappa shape index (κ2) is 6.70. The Labute approximate surface area is 148 Å². The Hall–Kier alpha value is -3.03. The number of amides is 2. The van der Waals surface area contributed by atoms with Crippen LogP contribution in [0.15, 0.2) is 47.8 Å². The Bertz CT molecular complexity index is 820. The van der Waals surface area contributed by atoms with Gasteiger partial charge in [-0.2, -0.15) is 5.10 Å². The Kier molecular flexibility index (Phi) is 4.24. The summed E-state index contributed by atoms with van der Waals surface area (Å²) in [6.45, 7) is 0.841. The van der Waals surface area contributed by atoms with Crippen LogP contribution in [-0.2, 0) is 0 Å². The lowest BCUT2D eigenvalue weighted by Crippen LogP contribution is -2.58. The molecule has 1 aromatic carbocycles. The number of nitrogens with zero attached hydrogens (tertiary/aromatic N) is 4. The molecule has 6 nitrogen and oxygen atoms in total. The number of hydrogen-bond acceptors (Lipinski definition) is 4. The number of carbonyl (C=O) groups excluding carboxylic acids is 1. The molecule has 26 heavy (non-hydrogen) atoms. The summed E-state index contributed by atoms with van der Waals surface area (Å²) in [5.74, 6) is -0.696. The van der Waals surface area contributed by atoms with E-state index < -0.39 is 17.7 Å². The van der Waals surface area contributed by atoms with Crippen LogP contribution in [0.3, 0.4) is 0 Å². The van der Waals surface area contributed by atoms with Crippen LogP contribution in [0.4, 0.5) is 13.6 Å². The molecule has 4 rings (SSSR count). The minimum atomic E-state index is -0.673. The molecule has 0 N–H and O–H groups in total. The third kappa shape index (κ3) is 3.22. The number of benzene rings is 1. The van der Waals surface area contributed by atoms with E-state index in [1.807, 2.05) is 0 Å². The predicted octanol–water partition coefficient (Wildman–Crippen LogP) is 2.98. The zero-order chi connectivity index (χ0) is 18.1. The monoisotopic (exact) mass is 358 g/mol. The third-order valence-corrected chi connectivity index (χ3v) is 4.35. The van der Waals surface area contributed by atoms with Crippen molar-refractivity contribution in [1.29, 1.82) is 0 Å². The van der Waals surface area contributed by atoms with Crippen molar-refractivity contribution < 1.29 is 18.3 Å². The summed E-state index contributed by atoms with van der Waals surface area (Å²) in [7, 11) is 0. The molecule has 0 spiro atoms. The van der Waals surface area contributed by atoms with Crippen LogP contribution in [0.2, 0.25) is 0 Å². The number of rotatable bonds is 3. The van der Waals surface area contributed by atoms with Gasteiger partial charge < -0.3 is 9.64 Å². The Morgan fingerprint density at radius 2 is 1.96 bits per heavy atom. The van der Waals surface area contributed by atoms with E-state index in [4.69, 9.17) is 4.74 Å². The summed E-state index contributed by atoms with van der Waals surface area (Å²) in [4.78, 5) is 18.2. The molecule has 1 atom stereocenters. The Morgan fingerprint density at radius 3 is 2.65 bits per heavy atom. The van der Waals surface area contributed by atoms with E-state index in [1.165, 1.54) is 17.1 Å². The van der Waals surface area contributed by atoms with E-state index in [0.717, 1.165) is 6.07 Å². The SMILES string of the molecule is O=C(N1CC(Oc2cccnc2)C1)N1N=CCC1c1cc(F)cc(F)c1. The molecule has 0 saturated carbocycles. The van der Waals surface area contributed by atoms with E-state index in [2.05, 4.69) is 10.1 Å². The van der Waals surface area contributed by atoms with Crippen LogP contribution in [-0.4, -0.2) is 46.3 Å². The van der Waals surface area contributed by atoms with Crippen molar-refractivity contribution in [2.45, 2.75) is 18.6 Å². The maximum Gasteiger partial charge on any atom is 0.341 e. The number of ether oxygens (including phenoxy) is 1. The molecule has 2 aliphatic heterocycles. The fourth-order valence-electron chi connectivity index (χ4n) is 3.07. The molecule has 0 aliphatic carbocycles. The second-order valence-electron chi connectivity index (χ2n) is 6.21. The van der Waals surface area contributed by atoms with E-state index in [-0.39, 0.29) is 12.1 Å². The van der Waals surface area contributed by atoms with Crippen LogP contribution in [0.5, 0.6) is 5.75 Å². The first-order chi connectivity index (χ1) is 12.6. The van der Waals surface area contributed by atoms with Crippen molar-refractivity contribution in [2.75, 3.05) is 13.1 Å². The lowest BCUT2D eigenvalue weighted by Gasteiger charge is -2.40. The molecule has 1 unspecified atom stereocenters. The van der Waals surface area contributed by atoms with Gasteiger partial charge in [-0.05, 0) is 29.8 Å². The number of urea groups is 1. The number of hydrogen-bond donors (Lipinski definition) is 0. The van der Waals surface area contributed by atoms with Crippen LogP contribution < -0.4 is 4.74 Å². The first kappa shape index (κ1) is 16.4. The zero-order valence-corrected chi connectivity index (χ0v) is 13.8. The Balaban J connectivity index is 1.39. The summed E-state index contributed by atoms with van der Waals surface area (Å²) in [6, 6.07) is 6.03. The number of halogens is 2. The highest BCUT2D eigenvalue weighted by molar-refractivity contribution is 5.79. The molecule has 134 valence electrons. The minimum absolute atomic E-state index is 0.111. The van der Waals surface area contributed by atoms with Crippen LogP contribution in [0, 0.1) is 11.6 Å². The normalized spacial score (nSPS) is 19.5. The molecule has 2 aliphatic rings. The number of carbonyl (C=O) groups is 1. The van der Waals surface area contributed by atoms with Gasteiger partial charge in [0.05, 0.1) is 25.3 Å². The van der Waals surface area contributed by atoms with Gasteiger partial charge in [0.2, 0.25) is 0 Å². The van der Waals surface area contributed by atoms with Gasteiger partial charge in [0.1, 0.15) is 23.5 Å². The molecular weight excluding hydrogens is 342 g/mol. The quantitative estimate of drug-likeness (QED) is 0.848. The largest absolute Gasteiger partial charge is 0.485 e. The average Bonchev–Trinajstić information content (AvgIpc) is 3.07. The highest BCUT2D eigenvalue weighted by Gasteiger charge is 2.39. The maximum absolute atomic E-state index is 13.5. The van der Waals surface area contributed by atoms with Gasteiger partial charge >= 0.3 is 6.03 Å². The lowest BCUT2D eigenvalue weighted by atomic mass is 10.0. The van der Waals surface area contributed by atoms with Gasteiger partial charge in [0.25, 0.3) is 0 Å². The van der Waals surface area contributed by atoms with Crippen LogP contribution >= 0.6 is 0 Å². The number of aromatic nitrogens is 1. The molecule has 0 radical (unpaired) electrons. The van der Waals surface area contributed by atoms with Gasteiger partial charge in [0.15, 0.2) is 0 Å². The number of likely N-dealkylation sites (tertiary alicyclic amines) is 1. The van der Waals surface area contributed by atoms with Gasteiger partial charge in [-0.15, -0.1) is 0 Å². The number of hydrazone groups is 1. The summed E-state index contributed by atoms with van der Waals surface area (Å²) in [5.41, 5.74) is 0.386. The molecule has 0 bridgehead atoms. The third-order valence-electron chi connectivity index (χ3n) is 4.35. The van der Waals surface area contributed by atoms with Gasteiger partial charge in [-0.3, -0.25) is 4.98 Å². The van der Waals surface area contributed by atoms with E-state index >= 15 is 0 Å². The van der Waals surface area contributed by atoms with E-state index in [0.29, 0.717) is 30.8 Å². The molecule has 1 fully saturated rings. The van der Waals surface area contributed by atoms with Crippen molar-refractivity contribution >= 4 is 12.2 Å². The molecular formula is C18H16F2N4O2. The summed E-state index contributed by atoms with van der Waals surface area (Å²) >= 11 is 0. The predicted molar refractivity (Wildman–Crippen MR) is 89.7 cm³/mol. The summed E-state index contributed by atoms with van der Waals surface area (Å²) in [6.07, 6.45) is 5.15. The minimum Gasteiger partial charge on any atom is -0.485 e. The fourth-order valence-corrected chi connectivity index (χ4v) is 3.07. The highest BCUT2D eigenvalue weighted by Crippen LogP contribution is 2.31.